The molecule has 0 unspecified atom stereocenters. The highest BCUT2D eigenvalue weighted by Gasteiger charge is 2.25. The number of nitrogens with zero attached hydrogens (tertiary/aromatic N) is 2. The molecule has 4 nitrogen and oxygen atoms in total. The van der Waals surface area contributed by atoms with E-state index in [1.54, 1.807) is 0 Å². The smallest absolute Gasteiger partial charge is 0.151 e. The molecule has 0 radical (unpaired) electrons. The van der Waals surface area contributed by atoms with E-state index in [2.05, 4.69) is 34.2 Å². The molecule has 1 fully saturated rings. The third-order valence-electron chi connectivity index (χ3n) is 3.66. The van der Waals surface area contributed by atoms with E-state index in [0.717, 1.165) is 50.0 Å². The number of aromatic nitrogens is 2. The van der Waals surface area contributed by atoms with Crippen molar-refractivity contribution in [2.75, 3.05) is 20.1 Å². The van der Waals surface area contributed by atoms with E-state index in [4.69, 9.17) is 11.6 Å². The lowest BCUT2D eigenvalue weighted by Gasteiger charge is -2.15. The minimum Gasteiger partial charge on any atom is -0.344 e. The number of aryl methyl sites for hydroxylation is 1. The third kappa shape index (κ3) is 4.79. The summed E-state index contributed by atoms with van der Waals surface area (Å²) in [4.78, 5) is 10.1. The Morgan fingerprint density at radius 1 is 1.47 bits per heavy atom. The Morgan fingerprint density at radius 2 is 2.26 bits per heavy atom. The third-order valence-corrected chi connectivity index (χ3v) is 3.97. The summed E-state index contributed by atoms with van der Waals surface area (Å²) in [5, 5.41) is 4.05. The van der Waals surface area contributed by atoms with Crippen LogP contribution in [0.5, 0.6) is 0 Å². The van der Waals surface area contributed by atoms with Gasteiger partial charge in [0.1, 0.15) is 5.82 Å². The molecular formula is C14H25ClN4. The van der Waals surface area contributed by atoms with Gasteiger partial charge in [0.05, 0.1) is 5.69 Å². The zero-order chi connectivity index (χ0) is 13.7. The summed E-state index contributed by atoms with van der Waals surface area (Å²) in [7, 11) is 2.20. The van der Waals surface area contributed by atoms with Crippen molar-refractivity contribution in [1.82, 2.24) is 20.2 Å². The summed E-state index contributed by atoms with van der Waals surface area (Å²) in [6.07, 6.45) is 6.05. The lowest BCUT2D eigenvalue weighted by molar-refractivity contribution is 0.321. The molecule has 108 valence electrons. The van der Waals surface area contributed by atoms with Gasteiger partial charge in [-0.25, -0.2) is 4.98 Å². The molecule has 0 aromatic carbocycles. The summed E-state index contributed by atoms with van der Waals surface area (Å²) < 4.78 is 0. The summed E-state index contributed by atoms with van der Waals surface area (Å²) in [5.41, 5.74) is 1.02. The summed E-state index contributed by atoms with van der Waals surface area (Å²) in [6.45, 7) is 5.05. The van der Waals surface area contributed by atoms with Gasteiger partial charge in [-0.1, -0.05) is 24.9 Å². The minimum atomic E-state index is 0.620. The van der Waals surface area contributed by atoms with Crippen molar-refractivity contribution in [2.45, 2.75) is 51.6 Å². The molecule has 0 atom stereocenters. The topological polar surface area (TPSA) is 44.0 Å². The number of nitrogens with one attached hydrogen (secondary N) is 2. The molecule has 1 aromatic heterocycles. The largest absolute Gasteiger partial charge is 0.344 e. The second kappa shape index (κ2) is 7.27. The summed E-state index contributed by atoms with van der Waals surface area (Å²) in [6, 6.07) is 0.832. The van der Waals surface area contributed by atoms with Crippen LogP contribution in [0.15, 0.2) is 0 Å². The van der Waals surface area contributed by atoms with Gasteiger partial charge in [-0.3, -0.25) is 0 Å². The molecule has 0 amide bonds. The van der Waals surface area contributed by atoms with E-state index in [1.807, 2.05) is 0 Å². The molecule has 1 aliphatic rings. The molecule has 1 heterocycles. The highest BCUT2D eigenvalue weighted by Crippen LogP contribution is 2.24. The van der Waals surface area contributed by atoms with E-state index < -0.39 is 0 Å². The van der Waals surface area contributed by atoms with Crippen molar-refractivity contribution >= 4 is 11.6 Å². The van der Waals surface area contributed by atoms with Crippen LogP contribution in [0.4, 0.5) is 0 Å². The molecule has 1 saturated carbocycles. The Kier molecular flexibility index (Phi) is 5.67. The van der Waals surface area contributed by atoms with Gasteiger partial charge in [0.15, 0.2) is 5.15 Å². The lowest BCUT2D eigenvalue weighted by atomic mass is 10.2. The first kappa shape index (κ1) is 14.8. The van der Waals surface area contributed by atoms with Gasteiger partial charge in [-0.15, -0.1) is 0 Å². The first-order chi connectivity index (χ1) is 9.20. The van der Waals surface area contributed by atoms with Crippen LogP contribution in [0.1, 0.15) is 44.1 Å². The predicted octanol–water partition coefficient (Wildman–Crippen LogP) is 2.59. The number of likely N-dealkylation sites (N-methyl/N-ethyl adjacent to an activating group) is 1. The van der Waals surface area contributed by atoms with E-state index in [-0.39, 0.29) is 0 Å². The van der Waals surface area contributed by atoms with E-state index in [9.17, 15) is 0 Å². The van der Waals surface area contributed by atoms with Crippen molar-refractivity contribution in [2.24, 2.45) is 0 Å². The van der Waals surface area contributed by atoms with Gasteiger partial charge >= 0.3 is 0 Å². The normalized spacial score (nSPS) is 15.4. The van der Waals surface area contributed by atoms with Gasteiger partial charge in [0, 0.05) is 32.1 Å². The van der Waals surface area contributed by atoms with Gasteiger partial charge < -0.3 is 15.2 Å². The predicted molar refractivity (Wildman–Crippen MR) is 79.6 cm³/mol. The number of hydrogen-bond acceptors (Lipinski definition) is 3. The Morgan fingerprint density at radius 3 is 2.95 bits per heavy atom. The zero-order valence-electron chi connectivity index (χ0n) is 12.0. The first-order valence-corrected chi connectivity index (χ1v) is 7.72. The minimum absolute atomic E-state index is 0.620. The fourth-order valence-electron chi connectivity index (χ4n) is 2.19. The Bertz CT molecular complexity index is 387. The van der Waals surface area contributed by atoms with Crippen LogP contribution < -0.4 is 5.32 Å². The Balaban J connectivity index is 1.68. The summed E-state index contributed by atoms with van der Waals surface area (Å²) in [5.74, 6) is 1.01. The van der Waals surface area contributed by atoms with Crippen LogP contribution in [0.2, 0.25) is 5.15 Å². The second-order valence-electron chi connectivity index (χ2n) is 5.44. The monoisotopic (exact) mass is 284 g/mol. The van der Waals surface area contributed by atoms with Gasteiger partial charge in [0.25, 0.3) is 0 Å². The van der Waals surface area contributed by atoms with E-state index >= 15 is 0 Å². The van der Waals surface area contributed by atoms with Crippen molar-refractivity contribution in [3.05, 3.63) is 16.7 Å². The highest BCUT2D eigenvalue weighted by atomic mass is 35.5. The maximum Gasteiger partial charge on any atom is 0.151 e. The number of imidazole rings is 1. The Hall–Kier alpha value is -0.580. The molecule has 5 heteroatoms. The number of unbranched alkanes of at least 4 members (excludes halogenated alkanes) is 1. The number of aromatic amines is 1. The fraction of sp³-hybridized carbons (Fsp3) is 0.786. The average molecular weight is 285 g/mol. The molecule has 0 aliphatic heterocycles. The fourth-order valence-corrected chi connectivity index (χ4v) is 2.40. The number of rotatable bonds is 9. The van der Waals surface area contributed by atoms with Crippen LogP contribution in [0.25, 0.3) is 0 Å². The SMILES string of the molecule is CCCCc1nc(Cl)c(CNCCN(C)C2CC2)[nH]1. The molecule has 19 heavy (non-hydrogen) atoms. The van der Waals surface area contributed by atoms with Crippen LogP contribution in [-0.2, 0) is 13.0 Å². The quantitative estimate of drug-likeness (QED) is 0.685. The first-order valence-electron chi connectivity index (χ1n) is 7.35. The van der Waals surface area contributed by atoms with Gasteiger partial charge in [-0.05, 0) is 26.3 Å². The maximum absolute atomic E-state index is 6.13. The van der Waals surface area contributed by atoms with Crippen molar-refractivity contribution in [1.29, 1.82) is 0 Å². The molecule has 2 N–H and O–H groups in total. The lowest BCUT2D eigenvalue weighted by Crippen LogP contribution is -2.30. The highest BCUT2D eigenvalue weighted by molar-refractivity contribution is 6.30. The zero-order valence-corrected chi connectivity index (χ0v) is 12.8. The van der Waals surface area contributed by atoms with Crippen molar-refractivity contribution < 1.29 is 0 Å². The summed E-state index contributed by atoms with van der Waals surface area (Å²) >= 11 is 6.13. The number of H-pyrrole nitrogens is 1. The van der Waals surface area contributed by atoms with Gasteiger partial charge in [0.2, 0.25) is 0 Å². The molecule has 2 rings (SSSR count). The van der Waals surface area contributed by atoms with E-state index in [1.165, 1.54) is 19.3 Å². The Labute approximate surface area is 120 Å². The molecule has 0 bridgehead atoms. The second-order valence-corrected chi connectivity index (χ2v) is 5.80. The number of hydrogen-bond donors (Lipinski definition) is 2. The number of halogens is 1. The van der Waals surface area contributed by atoms with Crippen LogP contribution in [-0.4, -0.2) is 41.0 Å². The average Bonchev–Trinajstić information content (AvgIpc) is 3.18. The van der Waals surface area contributed by atoms with E-state index in [0.29, 0.717) is 5.15 Å². The molecule has 0 saturated heterocycles. The molecule has 1 aliphatic carbocycles. The van der Waals surface area contributed by atoms with Crippen molar-refractivity contribution in [3.8, 4) is 0 Å². The maximum atomic E-state index is 6.13. The van der Waals surface area contributed by atoms with Crippen molar-refractivity contribution in [3.63, 3.8) is 0 Å². The molecule has 1 aromatic rings. The van der Waals surface area contributed by atoms with Crippen LogP contribution in [0, 0.1) is 0 Å². The standard InChI is InChI=1S/C14H25ClN4/c1-3-4-5-13-17-12(14(15)18-13)10-16-8-9-19(2)11-6-7-11/h11,16H,3-10H2,1-2H3,(H,17,18). The van der Waals surface area contributed by atoms with Crippen LogP contribution in [0.3, 0.4) is 0 Å². The molecular weight excluding hydrogens is 260 g/mol. The van der Waals surface area contributed by atoms with Crippen LogP contribution >= 0.6 is 11.6 Å². The molecule has 0 spiro atoms. The van der Waals surface area contributed by atoms with Gasteiger partial charge in [-0.2, -0.15) is 0 Å².